The molecule has 4 nitrogen and oxygen atoms in total. The number of anilines is 1. The maximum absolute atomic E-state index is 13.4. The number of hydrogen-bond donors (Lipinski definition) is 1. The summed E-state index contributed by atoms with van der Waals surface area (Å²) in [5, 5.41) is 3.38. The molecule has 1 heterocycles. The second-order valence-corrected chi connectivity index (χ2v) is 4.47. The summed E-state index contributed by atoms with van der Waals surface area (Å²) in [6.45, 7) is 2.77. The molecule has 0 fully saturated rings. The van der Waals surface area contributed by atoms with E-state index in [-0.39, 0.29) is 5.82 Å². The van der Waals surface area contributed by atoms with Crippen LogP contribution in [0.2, 0.25) is 5.02 Å². The maximum Gasteiger partial charge on any atom is 0.157 e. The zero-order chi connectivity index (χ0) is 14.5. The van der Waals surface area contributed by atoms with E-state index in [1.807, 2.05) is 6.92 Å². The van der Waals surface area contributed by atoms with Crippen LogP contribution in [0.1, 0.15) is 12.7 Å². The van der Waals surface area contributed by atoms with E-state index in [0.717, 1.165) is 0 Å². The molecule has 0 saturated carbocycles. The van der Waals surface area contributed by atoms with E-state index in [1.54, 1.807) is 13.1 Å². The van der Waals surface area contributed by atoms with Crippen molar-refractivity contribution in [1.82, 2.24) is 9.97 Å². The second kappa shape index (κ2) is 6.63. The smallest absolute Gasteiger partial charge is 0.157 e. The van der Waals surface area contributed by atoms with Crippen molar-refractivity contribution in [1.29, 1.82) is 0 Å². The van der Waals surface area contributed by atoms with E-state index in [2.05, 4.69) is 15.3 Å². The predicted molar refractivity (Wildman–Crippen MR) is 77.3 cm³/mol. The lowest BCUT2D eigenvalue weighted by Gasteiger charge is -2.09. The van der Waals surface area contributed by atoms with Crippen molar-refractivity contribution in [2.75, 3.05) is 19.0 Å². The molecule has 0 radical (unpaired) electrons. The fourth-order valence-electron chi connectivity index (χ4n) is 1.71. The molecule has 106 valence electrons. The Labute approximate surface area is 122 Å². The molecule has 2 aromatic rings. The molecule has 1 aromatic heterocycles. The summed E-state index contributed by atoms with van der Waals surface area (Å²) in [6.07, 6.45) is 0. The van der Waals surface area contributed by atoms with Crippen LogP contribution in [-0.2, 0) is 11.3 Å². The first-order chi connectivity index (χ1) is 9.63. The van der Waals surface area contributed by atoms with Crippen LogP contribution in [0, 0.1) is 5.82 Å². The van der Waals surface area contributed by atoms with Gasteiger partial charge in [-0.1, -0.05) is 11.6 Å². The van der Waals surface area contributed by atoms with Crippen LogP contribution in [-0.4, -0.2) is 23.6 Å². The molecule has 0 aliphatic heterocycles. The van der Waals surface area contributed by atoms with E-state index >= 15 is 0 Å². The molecule has 0 amide bonds. The van der Waals surface area contributed by atoms with Crippen molar-refractivity contribution in [3.8, 4) is 11.3 Å². The molecular weight excluding hydrogens is 281 g/mol. The summed E-state index contributed by atoms with van der Waals surface area (Å²) >= 11 is 6.10. The Bertz CT molecular complexity index is 607. The number of hydrogen-bond acceptors (Lipinski definition) is 4. The third-order valence-electron chi connectivity index (χ3n) is 2.67. The SMILES string of the molecule is CCOCc1nc(NC)cc(-c2cc(F)ccc2Cl)n1. The Morgan fingerprint density at radius 2 is 2.10 bits per heavy atom. The highest BCUT2D eigenvalue weighted by Crippen LogP contribution is 2.28. The number of rotatable bonds is 5. The molecule has 1 aromatic carbocycles. The first-order valence-corrected chi connectivity index (χ1v) is 6.60. The number of ether oxygens (including phenoxy) is 1. The van der Waals surface area contributed by atoms with Gasteiger partial charge in [0.2, 0.25) is 0 Å². The Kier molecular flexibility index (Phi) is 4.87. The molecule has 0 bridgehead atoms. The fraction of sp³-hybridized carbons (Fsp3) is 0.286. The van der Waals surface area contributed by atoms with Crippen molar-refractivity contribution in [3.63, 3.8) is 0 Å². The van der Waals surface area contributed by atoms with Gasteiger partial charge in [0.05, 0.1) is 10.7 Å². The van der Waals surface area contributed by atoms with Gasteiger partial charge in [0.1, 0.15) is 18.2 Å². The predicted octanol–water partition coefficient (Wildman–Crippen LogP) is 3.51. The Balaban J connectivity index is 2.46. The third kappa shape index (κ3) is 3.43. The molecule has 0 unspecified atom stereocenters. The van der Waals surface area contributed by atoms with Gasteiger partial charge in [0, 0.05) is 25.3 Å². The van der Waals surface area contributed by atoms with E-state index in [0.29, 0.717) is 41.1 Å². The molecule has 0 aliphatic carbocycles. The highest BCUT2D eigenvalue weighted by Gasteiger charge is 2.10. The summed E-state index contributed by atoms with van der Waals surface area (Å²) in [6, 6.07) is 5.90. The van der Waals surface area contributed by atoms with Gasteiger partial charge in [0.15, 0.2) is 5.82 Å². The highest BCUT2D eigenvalue weighted by atomic mass is 35.5. The largest absolute Gasteiger partial charge is 0.374 e. The van der Waals surface area contributed by atoms with Gasteiger partial charge < -0.3 is 10.1 Å². The molecule has 0 atom stereocenters. The van der Waals surface area contributed by atoms with E-state index in [9.17, 15) is 4.39 Å². The molecule has 2 rings (SSSR count). The fourth-order valence-corrected chi connectivity index (χ4v) is 1.93. The van der Waals surface area contributed by atoms with Crippen molar-refractivity contribution < 1.29 is 9.13 Å². The van der Waals surface area contributed by atoms with Crippen LogP contribution in [0.5, 0.6) is 0 Å². The Hall–Kier alpha value is -1.72. The first-order valence-electron chi connectivity index (χ1n) is 6.23. The summed E-state index contributed by atoms with van der Waals surface area (Å²) in [4.78, 5) is 8.65. The van der Waals surface area contributed by atoms with E-state index < -0.39 is 0 Å². The number of aromatic nitrogens is 2. The minimum absolute atomic E-state index is 0.298. The molecule has 0 saturated heterocycles. The van der Waals surface area contributed by atoms with Crippen LogP contribution < -0.4 is 5.32 Å². The van der Waals surface area contributed by atoms with Gasteiger partial charge in [-0.2, -0.15) is 0 Å². The quantitative estimate of drug-likeness (QED) is 0.917. The standard InChI is InChI=1S/C14H15ClFN3O/c1-3-20-8-14-18-12(7-13(17-2)19-14)10-6-9(16)4-5-11(10)15/h4-7H,3,8H2,1-2H3,(H,17,18,19). The second-order valence-electron chi connectivity index (χ2n) is 4.07. The van der Waals surface area contributed by atoms with Gasteiger partial charge in [-0.25, -0.2) is 14.4 Å². The average Bonchev–Trinajstić information content (AvgIpc) is 2.47. The van der Waals surface area contributed by atoms with Crippen LogP contribution >= 0.6 is 11.6 Å². The van der Waals surface area contributed by atoms with Gasteiger partial charge in [-0.15, -0.1) is 0 Å². The zero-order valence-electron chi connectivity index (χ0n) is 11.3. The molecular formula is C14H15ClFN3O. The summed E-state index contributed by atoms with van der Waals surface area (Å²) in [7, 11) is 1.75. The van der Waals surface area contributed by atoms with Crippen LogP contribution in [0.4, 0.5) is 10.2 Å². The zero-order valence-corrected chi connectivity index (χ0v) is 12.0. The van der Waals surface area contributed by atoms with Gasteiger partial charge in [-0.3, -0.25) is 0 Å². The molecule has 0 spiro atoms. The molecule has 20 heavy (non-hydrogen) atoms. The normalized spacial score (nSPS) is 10.6. The van der Waals surface area contributed by atoms with E-state index in [4.69, 9.17) is 16.3 Å². The molecule has 1 N–H and O–H groups in total. The minimum atomic E-state index is -0.361. The lowest BCUT2D eigenvalue weighted by Crippen LogP contribution is -2.04. The topological polar surface area (TPSA) is 47.0 Å². The number of halogens is 2. The number of nitrogens with zero attached hydrogens (tertiary/aromatic N) is 2. The van der Waals surface area contributed by atoms with Gasteiger partial charge in [0.25, 0.3) is 0 Å². The van der Waals surface area contributed by atoms with Crippen LogP contribution in [0.15, 0.2) is 24.3 Å². The number of nitrogens with one attached hydrogen (secondary N) is 1. The van der Waals surface area contributed by atoms with Crippen molar-refractivity contribution in [2.24, 2.45) is 0 Å². The third-order valence-corrected chi connectivity index (χ3v) is 3.00. The Morgan fingerprint density at radius 1 is 1.30 bits per heavy atom. The maximum atomic E-state index is 13.4. The van der Waals surface area contributed by atoms with Gasteiger partial charge >= 0.3 is 0 Å². The lowest BCUT2D eigenvalue weighted by atomic mass is 10.1. The van der Waals surface area contributed by atoms with Crippen molar-refractivity contribution >= 4 is 17.4 Å². The summed E-state index contributed by atoms with van der Waals surface area (Å²) in [5.74, 6) is 0.791. The lowest BCUT2D eigenvalue weighted by molar-refractivity contribution is 0.128. The summed E-state index contributed by atoms with van der Waals surface area (Å²) < 4.78 is 18.7. The average molecular weight is 296 g/mol. The highest BCUT2D eigenvalue weighted by molar-refractivity contribution is 6.33. The minimum Gasteiger partial charge on any atom is -0.374 e. The molecule has 0 aliphatic rings. The summed E-state index contributed by atoms with van der Waals surface area (Å²) in [5.41, 5.74) is 1.09. The van der Waals surface area contributed by atoms with Gasteiger partial charge in [-0.05, 0) is 25.1 Å². The Morgan fingerprint density at radius 3 is 2.80 bits per heavy atom. The first kappa shape index (κ1) is 14.7. The molecule has 6 heteroatoms. The van der Waals surface area contributed by atoms with E-state index in [1.165, 1.54) is 18.2 Å². The number of benzene rings is 1. The van der Waals surface area contributed by atoms with Crippen molar-refractivity contribution in [2.45, 2.75) is 13.5 Å². The monoisotopic (exact) mass is 295 g/mol. The van der Waals surface area contributed by atoms with Crippen LogP contribution in [0.3, 0.4) is 0 Å². The van der Waals surface area contributed by atoms with Crippen molar-refractivity contribution in [3.05, 3.63) is 40.9 Å². The van der Waals surface area contributed by atoms with Crippen LogP contribution in [0.25, 0.3) is 11.3 Å².